The van der Waals surface area contributed by atoms with E-state index in [1.165, 1.54) is 0 Å². The lowest BCUT2D eigenvalue weighted by Gasteiger charge is -2.38. The number of ether oxygens (including phenoxy) is 6. The van der Waals surface area contributed by atoms with Gasteiger partial charge in [-0.1, -0.05) is 12.8 Å². The third-order valence-corrected chi connectivity index (χ3v) is 7.49. The number of hydrogen-bond donors (Lipinski definition) is 1. The summed E-state index contributed by atoms with van der Waals surface area (Å²) < 4.78 is 35.6. The Hall–Kier alpha value is -2.08. The van der Waals surface area contributed by atoms with Crippen LogP contribution in [-0.4, -0.2) is 116 Å². The highest BCUT2D eigenvalue weighted by Gasteiger charge is 2.32. The van der Waals surface area contributed by atoms with Crippen LogP contribution in [0.5, 0.6) is 0 Å². The summed E-state index contributed by atoms with van der Waals surface area (Å²) in [7, 11) is 0. The van der Waals surface area contributed by atoms with Crippen molar-refractivity contribution in [2.24, 2.45) is 5.92 Å². The fraction of sp³-hybridized carbons (Fsp3) is 0.750. The van der Waals surface area contributed by atoms with Gasteiger partial charge in [0.15, 0.2) is 11.9 Å². The normalized spacial score (nSPS) is 22.9. The maximum atomic E-state index is 9.44. The van der Waals surface area contributed by atoms with Crippen molar-refractivity contribution in [3.8, 4) is 12.3 Å². The van der Waals surface area contributed by atoms with Gasteiger partial charge in [0.1, 0.15) is 12.4 Å². The number of aliphatic hydroxyl groups is 1. The largest absolute Gasteiger partial charge is 0.394 e. The Labute approximate surface area is 246 Å². The molecule has 0 bridgehead atoms. The number of rotatable bonds is 18. The highest BCUT2D eigenvalue weighted by Crippen LogP contribution is 2.34. The minimum Gasteiger partial charge on any atom is -0.394 e. The number of aliphatic hydroxyl groups excluding tert-OH is 1. The molecule has 0 radical (unpaired) electrons. The number of anilines is 1. The smallest absolute Gasteiger partial charge is 0.226 e. The van der Waals surface area contributed by atoms with Crippen LogP contribution in [0.3, 0.4) is 0 Å². The molecule has 2 aromatic heterocycles. The van der Waals surface area contributed by atoms with E-state index in [4.69, 9.17) is 46.4 Å². The van der Waals surface area contributed by atoms with Crippen molar-refractivity contribution in [1.29, 1.82) is 0 Å². The fourth-order valence-corrected chi connectivity index (χ4v) is 5.36. The molecule has 13 heteroatoms. The standard InChI is InChI=1S/C28H42ClN5O7/c1-3-9-36-10-11-37-12-13-38-14-15-39-16-17-40-24-7-8-33(19-21(24)4-2)26-23-18-30-34(27(23)32-28(29)31-26)25-6-5-22(20-35)41-25/h1,18,21-22,24-25,35H,4-17,19-20H2,2H3. The number of nitrogens with zero attached hydrogens (tertiary/aromatic N) is 5. The molecule has 4 rings (SSSR count). The summed E-state index contributed by atoms with van der Waals surface area (Å²) in [6.07, 6.45) is 9.98. The fourth-order valence-electron chi connectivity index (χ4n) is 5.20. The van der Waals surface area contributed by atoms with Crippen molar-refractivity contribution < 1.29 is 33.5 Å². The molecule has 0 aromatic carbocycles. The Morgan fingerprint density at radius 3 is 2.39 bits per heavy atom. The van der Waals surface area contributed by atoms with Crippen LogP contribution in [-0.2, 0) is 28.4 Å². The minimum atomic E-state index is -0.274. The van der Waals surface area contributed by atoms with Gasteiger partial charge in [0.05, 0.1) is 83.3 Å². The molecular weight excluding hydrogens is 554 g/mol. The Morgan fingerprint density at radius 1 is 1.02 bits per heavy atom. The van der Waals surface area contributed by atoms with E-state index in [1.54, 1.807) is 10.9 Å². The van der Waals surface area contributed by atoms with Crippen LogP contribution < -0.4 is 4.90 Å². The highest BCUT2D eigenvalue weighted by molar-refractivity contribution is 6.28. The van der Waals surface area contributed by atoms with Crippen molar-refractivity contribution in [2.45, 2.75) is 51.0 Å². The number of halogens is 1. The molecule has 0 aliphatic carbocycles. The molecule has 12 nitrogen and oxygen atoms in total. The van der Waals surface area contributed by atoms with Gasteiger partial charge in [0, 0.05) is 19.0 Å². The molecule has 2 fully saturated rings. The summed E-state index contributed by atoms with van der Waals surface area (Å²) in [5, 5.41) is 15.0. The van der Waals surface area contributed by atoms with Crippen LogP contribution in [0.2, 0.25) is 5.28 Å². The van der Waals surface area contributed by atoms with Gasteiger partial charge >= 0.3 is 0 Å². The second kappa shape index (κ2) is 17.1. The summed E-state index contributed by atoms with van der Waals surface area (Å²) in [6, 6.07) is 0. The van der Waals surface area contributed by atoms with E-state index in [1.807, 2.05) is 0 Å². The monoisotopic (exact) mass is 595 g/mol. The maximum absolute atomic E-state index is 9.44. The first-order chi connectivity index (χ1) is 20.1. The average Bonchev–Trinajstić information content (AvgIpc) is 3.64. The predicted octanol–water partition coefficient (Wildman–Crippen LogP) is 2.47. The minimum absolute atomic E-state index is 0.00529. The van der Waals surface area contributed by atoms with Crippen LogP contribution in [0, 0.1) is 18.3 Å². The van der Waals surface area contributed by atoms with E-state index >= 15 is 0 Å². The second-order valence-corrected chi connectivity index (χ2v) is 10.4. The van der Waals surface area contributed by atoms with Crippen molar-refractivity contribution >= 4 is 28.5 Å². The molecule has 41 heavy (non-hydrogen) atoms. The molecule has 4 atom stereocenters. The number of aromatic nitrogens is 4. The van der Waals surface area contributed by atoms with Gasteiger partial charge in [0.2, 0.25) is 5.28 Å². The van der Waals surface area contributed by atoms with Crippen LogP contribution in [0.15, 0.2) is 6.20 Å². The van der Waals surface area contributed by atoms with Gasteiger partial charge in [-0.3, -0.25) is 0 Å². The number of terminal acetylenes is 1. The Morgan fingerprint density at radius 2 is 1.73 bits per heavy atom. The molecule has 0 spiro atoms. The Balaban J connectivity index is 1.17. The van der Waals surface area contributed by atoms with Crippen LogP contribution in [0.4, 0.5) is 5.82 Å². The lowest BCUT2D eigenvalue weighted by Crippen LogP contribution is -2.45. The van der Waals surface area contributed by atoms with Gasteiger partial charge in [-0.2, -0.15) is 15.1 Å². The molecular formula is C28H42ClN5O7. The lowest BCUT2D eigenvalue weighted by molar-refractivity contribution is -0.0417. The molecule has 2 aliphatic heterocycles. The van der Waals surface area contributed by atoms with Crippen molar-refractivity contribution in [2.75, 3.05) is 84.1 Å². The predicted molar refractivity (Wildman–Crippen MR) is 153 cm³/mol. The molecule has 0 saturated carbocycles. The molecule has 4 unspecified atom stereocenters. The molecule has 1 N–H and O–H groups in total. The SMILES string of the molecule is C#CCOCCOCCOCCOCCOC1CCN(c2nc(Cl)nc3c2cnn3C2CCC(CO)O2)CC1CC. The van der Waals surface area contributed by atoms with Gasteiger partial charge < -0.3 is 38.4 Å². The number of hydrogen-bond acceptors (Lipinski definition) is 11. The van der Waals surface area contributed by atoms with Crippen LogP contribution >= 0.6 is 11.6 Å². The van der Waals surface area contributed by atoms with E-state index in [9.17, 15) is 5.11 Å². The highest BCUT2D eigenvalue weighted by atomic mass is 35.5. The molecule has 228 valence electrons. The third-order valence-electron chi connectivity index (χ3n) is 7.32. The first kappa shape index (κ1) is 31.8. The average molecular weight is 596 g/mol. The van der Waals surface area contributed by atoms with Crippen LogP contribution in [0.1, 0.15) is 38.8 Å². The van der Waals surface area contributed by atoms with Gasteiger partial charge in [-0.15, -0.1) is 6.42 Å². The second-order valence-electron chi connectivity index (χ2n) is 10.0. The van der Waals surface area contributed by atoms with Crippen molar-refractivity contribution in [3.05, 3.63) is 11.5 Å². The number of fused-ring (bicyclic) bond motifs is 1. The number of piperidine rings is 1. The van der Waals surface area contributed by atoms with Crippen molar-refractivity contribution in [3.63, 3.8) is 0 Å². The quantitative estimate of drug-likeness (QED) is 0.155. The molecule has 2 aliphatic rings. The van der Waals surface area contributed by atoms with Gasteiger partial charge in [-0.05, 0) is 37.3 Å². The molecule has 4 heterocycles. The lowest BCUT2D eigenvalue weighted by atomic mass is 9.92. The topological polar surface area (TPSA) is 122 Å². The summed E-state index contributed by atoms with van der Waals surface area (Å²) >= 11 is 6.37. The zero-order valence-corrected chi connectivity index (χ0v) is 24.5. The van der Waals surface area contributed by atoms with E-state index in [2.05, 4.69) is 32.8 Å². The zero-order valence-electron chi connectivity index (χ0n) is 23.8. The first-order valence-corrected chi connectivity index (χ1v) is 14.8. The van der Waals surface area contributed by atoms with E-state index in [0.717, 1.165) is 50.0 Å². The van der Waals surface area contributed by atoms with Gasteiger partial charge in [-0.25, -0.2) is 4.68 Å². The van der Waals surface area contributed by atoms with Crippen LogP contribution in [0.25, 0.3) is 11.0 Å². The molecule has 2 aromatic rings. The maximum Gasteiger partial charge on any atom is 0.226 e. The first-order valence-electron chi connectivity index (χ1n) is 14.4. The third kappa shape index (κ3) is 9.20. The summed E-state index contributed by atoms with van der Waals surface area (Å²) in [6.45, 7) is 8.14. The Bertz CT molecular complexity index is 1100. The summed E-state index contributed by atoms with van der Waals surface area (Å²) in [5.74, 6) is 3.53. The van der Waals surface area contributed by atoms with E-state index in [0.29, 0.717) is 71.0 Å². The molecule has 2 saturated heterocycles. The van der Waals surface area contributed by atoms with Crippen molar-refractivity contribution in [1.82, 2.24) is 19.7 Å². The van der Waals surface area contributed by atoms with Gasteiger partial charge in [0.25, 0.3) is 0 Å². The zero-order chi connectivity index (χ0) is 28.9. The van der Waals surface area contributed by atoms with E-state index in [-0.39, 0.29) is 30.3 Å². The summed E-state index contributed by atoms with van der Waals surface area (Å²) in [4.78, 5) is 11.3. The summed E-state index contributed by atoms with van der Waals surface area (Å²) in [5.41, 5.74) is 0.648. The van der Waals surface area contributed by atoms with E-state index < -0.39 is 0 Å². The Kier molecular flexibility index (Phi) is 13.3. The molecule has 0 amide bonds.